The predicted octanol–water partition coefficient (Wildman–Crippen LogP) is 2.66. The fourth-order valence-electron chi connectivity index (χ4n) is 0.473. The molecule has 0 aromatic heterocycles. The average Bonchev–Trinajstić information content (AvgIpc) is 2.05. The van der Waals surface area contributed by atoms with Gasteiger partial charge in [-0.25, -0.2) is 0 Å². The van der Waals surface area contributed by atoms with Crippen molar-refractivity contribution in [2.75, 3.05) is 6.54 Å². The molecule has 0 aliphatic carbocycles. The van der Waals surface area contributed by atoms with Crippen LogP contribution in [0, 0.1) is 0 Å². The van der Waals surface area contributed by atoms with E-state index in [0.29, 0.717) is 6.54 Å². The molecular formula is C10H19N. The van der Waals surface area contributed by atoms with Gasteiger partial charge in [-0.3, -0.25) is 0 Å². The van der Waals surface area contributed by atoms with E-state index >= 15 is 0 Å². The van der Waals surface area contributed by atoms with Gasteiger partial charge in [0.2, 0.25) is 0 Å². The second kappa shape index (κ2) is 11.9. The molecule has 0 amide bonds. The topological polar surface area (TPSA) is 26.0 Å². The van der Waals surface area contributed by atoms with E-state index < -0.39 is 0 Å². The number of allylic oxidation sites excluding steroid dienone is 3. The van der Waals surface area contributed by atoms with Crippen molar-refractivity contribution in [1.29, 1.82) is 0 Å². The van der Waals surface area contributed by atoms with Crippen LogP contribution in [0.4, 0.5) is 0 Å². The molecule has 0 atom stereocenters. The molecule has 2 N–H and O–H groups in total. The SMILES string of the molecule is C=C/C=C\C(=C)CCN.CC. The molecule has 0 spiro atoms. The Balaban J connectivity index is 0. The molecule has 0 saturated carbocycles. The average molecular weight is 153 g/mol. The van der Waals surface area contributed by atoms with Gasteiger partial charge in [-0.05, 0) is 13.0 Å². The summed E-state index contributed by atoms with van der Waals surface area (Å²) in [6.07, 6.45) is 6.36. The van der Waals surface area contributed by atoms with E-state index in [1.165, 1.54) is 0 Å². The van der Waals surface area contributed by atoms with Gasteiger partial charge in [0.15, 0.2) is 0 Å². The molecule has 0 bridgehead atoms. The summed E-state index contributed by atoms with van der Waals surface area (Å²) >= 11 is 0. The Labute approximate surface area is 70.3 Å². The number of hydrogen-bond donors (Lipinski definition) is 1. The van der Waals surface area contributed by atoms with Crippen LogP contribution in [0.2, 0.25) is 0 Å². The first-order valence-electron chi connectivity index (χ1n) is 3.98. The number of rotatable bonds is 4. The largest absolute Gasteiger partial charge is 0.330 e. The molecular weight excluding hydrogens is 134 g/mol. The molecule has 0 fully saturated rings. The van der Waals surface area contributed by atoms with Crippen molar-refractivity contribution in [3.05, 3.63) is 37.0 Å². The van der Waals surface area contributed by atoms with Gasteiger partial charge in [-0.1, -0.05) is 50.8 Å². The number of nitrogens with two attached hydrogens (primary N) is 1. The van der Waals surface area contributed by atoms with Crippen molar-refractivity contribution in [2.24, 2.45) is 5.73 Å². The van der Waals surface area contributed by atoms with Gasteiger partial charge in [0.1, 0.15) is 0 Å². The zero-order chi connectivity index (χ0) is 9.11. The summed E-state index contributed by atoms with van der Waals surface area (Å²) in [5.74, 6) is 0. The van der Waals surface area contributed by atoms with Crippen molar-refractivity contribution in [1.82, 2.24) is 0 Å². The molecule has 64 valence electrons. The summed E-state index contributed by atoms with van der Waals surface area (Å²) in [5.41, 5.74) is 6.33. The van der Waals surface area contributed by atoms with Gasteiger partial charge in [-0.2, -0.15) is 0 Å². The lowest BCUT2D eigenvalue weighted by Gasteiger charge is -1.91. The van der Waals surface area contributed by atoms with Crippen LogP contribution in [0.1, 0.15) is 20.3 Å². The third-order valence-corrected chi connectivity index (χ3v) is 0.933. The molecule has 0 aliphatic heterocycles. The first-order chi connectivity index (χ1) is 5.31. The third kappa shape index (κ3) is 12.4. The van der Waals surface area contributed by atoms with Crippen molar-refractivity contribution in [3.63, 3.8) is 0 Å². The summed E-state index contributed by atoms with van der Waals surface area (Å²) in [7, 11) is 0. The van der Waals surface area contributed by atoms with Crippen LogP contribution >= 0.6 is 0 Å². The first-order valence-corrected chi connectivity index (χ1v) is 3.98. The first kappa shape index (κ1) is 12.8. The lowest BCUT2D eigenvalue weighted by molar-refractivity contribution is 0.977. The minimum absolute atomic E-state index is 0.667. The van der Waals surface area contributed by atoms with Gasteiger partial charge >= 0.3 is 0 Å². The standard InChI is InChI=1S/C8H13N.C2H6/c1-3-4-5-8(2)6-7-9;1-2/h3-5H,1-2,6-7,9H2;1-2H3/b5-4-;. The van der Waals surface area contributed by atoms with E-state index in [2.05, 4.69) is 13.2 Å². The van der Waals surface area contributed by atoms with Crippen molar-refractivity contribution < 1.29 is 0 Å². The summed E-state index contributed by atoms with van der Waals surface area (Å²) < 4.78 is 0. The third-order valence-electron chi connectivity index (χ3n) is 0.933. The van der Waals surface area contributed by atoms with E-state index in [1.807, 2.05) is 26.0 Å². The minimum Gasteiger partial charge on any atom is -0.330 e. The molecule has 0 heterocycles. The molecule has 0 aromatic rings. The fraction of sp³-hybridized carbons (Fsp3) is 0.400. The van der Waals surface area contributed by atoms with Gasteiger partial charge in [0, 0.05) is 0 Å². The summed E-state index contributed by atoms with van der Waals surface area (Å²) in [6, 6.07) is 0. The van der Waals surface area contributed by atoms with Crippen LogP contribution in [-0.4, -0.2) is 6.54 Å². The van der Waals surface area contributed by atoms with Crippen LogP contribution in [0.5, 0.6) is 0 Å². The Morgan fingerprint density at radius 2 is 2.00 bits per heavy atom. The van der Waals surface area contributed by atoms with Crippen molar-refractivity contribution in [3.8, 4) is 0 Å². The molecule has 1 heteroatoms. The molecule has 0 saturated heterocycles. The Morgan fingerprint density at radius 1 is 1.45 bits per heavy atom. The molecule has 0 aliphatic rings. The maximum Gasteiger partial charge on any atom is -0.00369 e. The molecule has 0 rings (SSSR count). The maximum absolute atomic E-state index is 5.28. The Bertz CT molecular complexity index is 123. The summed E-state index contributed by atoms with van der Waals surface area (Å²) in [5, 5.41) is 0. The van der Waals surface area contributed by atoms with Crippen LogP contribution in [-0.2, 0) is 0 Å². The number of hydrogen-bond acceptors (Lipinski definition) is 1. The molecule has 0 unspecified atom stereocenters. The Hall–Kier alpha value is -0.820. The summed E-state index contributed by atoms with van der Waals surface area (Å²) in [6.45, 7) is 12.0. The highest BCUT2D eigenvalue weighted by Crippen LogP contribution is 1.96. The van der Waals surface area contributed by atoms with Gasteiger partial charge in [0.25, 0.3) is 0 Å². The normalized spacial score (nSPS) is 8.64. The second-order valence-electron chi connectivity index (χ2n) is 1.79. The highest BCUT2D eigenvalue weighted by molar-refractivity contribution is 5.17. The summed E-state index contributed by atoms with van der Waals surface area (Å²) in [4.78, 5) is 0. The van der Waals surface area contributed by atoms with Crippen LogP contribution in [0.15, 0.2) is 37.0 Å². The zero-order valence-electron chi connectivity index (χ0n) is 7.64. The minimum atomic E-state index is 0.667. The van der Waals surface area contributed by atoms with E-state index in [1.54, 1.807) is 6.08 Å². The van der Waals surface area contributed by atoms with Gasteiger partial charge < -0.3 is 5.73 Å². The quantitative estimate of drug-likeness (QED) is 0.617. The van der Waals surface area contributed by atoms with E-state index in [4.69, 9.17) is 5.73 Å². The molecule has 1 nitrogen and oxygen atoms in total. The van der Waals surface area contributed by atoms with E-state index in [-0.39, 0.29) is 0 Å². The lowest BCUT2D eigenvalue weighted by atomic mass is 10.2. The lowest BCUT2D eigenvalue weighted by Crippen LogP contribution is -1.97. The second-order valence-corrected chi connectivity index (χ2v) is 1.79. The smallest absolute Gasteiger partial charge is 0.00369 e. The molecule has 0 radical (unpaired) electrons. The monoisotopic (exact) mass is 153 g/mol. The Morgan fingerprint density at radius 3 is 2.36 bits per heavy atom. The van der Waals surface area contributed by atoms with Crippen molar-refractivity contribution in [2.45, 2.75) is 20.3 Å². The zero-order valence-corrected chi connectivity index (χ0v) is 7.64. The van der Waals surface area contributed by atoms with Gasteiger partial charge in [-0.15, -0.1) is 0 Å². The predicted molar refractivity (Wildman–Crippen MR) is 53.5 cm³/mol. The van der Waals surface area contributed by atoms with E-state index in [9.17, 15) is 0 Å². The van der Waals surface area contributed by atoms with Gasteiger partial charge in [0.05, 0.1) is 0 Å². The fourth-order valence-corrected chi connectivity index (χ4v) is 0.473. The van der Waals surface area contributed by atoms with Crippen LogP contribution in [0.3, 0.4) is 0 Å². The van der Waals surface area contributed by atoms with Crippen LogP contribution < -0.4 is 5.73 Å². The maximum atomic E-state index is 5.28. The highest BCUT2D eigenvalue weighted by atomic mass is 14.5. The Kier molecular flexibility index (Phi) is 13.9. The van der Waals surface area contributed by atoms with Crippen molar-refractivity contribution >= 4 is 0 Å². The highest BCUT2D eigenvalue weighted by Gasteiger charge is 1.81. The van der Waals surface area contributed by atoms with Crippen LogP contribution in [0.25, 0.3) is 0 Å². The molecule has 11 heavy (non-hydrogen) atoms. The van der Waals surface area contributed by atoms with E-state index in [0.717, 1.165) is 12.0 Å². The molecule has 0 aromatic carbocycles.